The Balaban J connectivity index is 1.56. The summed E-state index contributed by atoms with van der Waals surface area (Å²) in [5.74, 6) is 2.52. The number of benzene rings is 1. The Morgan fingerprint density at radius 3 is 2.29 bits per heavy atom. The maximum atomic E-state index is 6.20. The number of piperidine rings is 2. The Morgan fingerprint density at radius 2 is 1.57 bits per heavy atom. The number of rotatable bonds is 5. The van der Waals surface area contributed by atoms with Crippen LogP contribution in [0.4, 0.5) is 17.6 Å². The second kappa shape index (κ2) is 9.24. The monoisotopic (exact) mass is 398 g/mol. The summed E-state index contributed by atoms with van der Waals surface area (Å²) in [5.41, 5.74) is 3.96. The minimum atomic E-state index is 0.679. The number of hydrogen-bond donors (Lipinski definition) is 1. The van der Waals surface area contributed by atoms with Gasteiger partial charge in [-0.2, -0.15) is 15.1 Å². The van der Waals surface area contributed by atoms with Crippen LogP contribution in [0.1, 0.15) is 44.1 Å². The third-order valence-electron chi connectivity index (χ3n) is 5.31. The van der Waals surface area contributed by atoms with Crippen molar-refractivity contribution >= 4 is 35.4 Å². The van der Waals surface area contributed by atoms with Crippen molar-refractivity contribution in [3.63, 3.8) is 0 Å². The summed E-state index contributed by atoms with van der Waals surface area (Å²) >= 11 is 6.20. The molecule has 4 rings (SSSR count). The summed E-state index contributed by atoms with van der Waals surface area (Å²) in [7, 11) is 0. The van der Waals surface area contributed by atoms with Gasteiger partial charge in [-0.3, -0.25) is 5.43 Å². The number of halogens is 1. The molecule has 2 aliphatic heterocycles. The van der Waals surface area contributed by atoms with Gasteiger partial charge in [-0.1, -0.05) is 29.8 Å². The lowest BCUT2D eigenvalue weighted by atomic mass is 10.1. The van der Waals surface area contributed by atoms with Crippen molar-refractivity contribution < 1.29 is 0 Å². The molecule has 0 unspecified atom stereocenters. The van der Waals surface area contributed by atoms with Crippen LogP contribution in [-0.4, -0.2) is 42.4 Å². The number of hydrazone groups is 1. The summed E-state index contributed by atoms with van der Waals surface area (Å²) in [6, 6.07) is 9.65. The summed E-state index contributed by atoms with van der Waals surface area (Å²) < 4.78 is 0. The molecule has 7 heteroatoms. The lowest BCUT2D eigenvalue weighted by Gasteiger charge is -2.31. The van der Waals surface area contributed by atoms with E-state index >= 15 is 0 Å². The van der Waals surface area contributed by atoms with E-state index in [9.17, 15) is 0 Å². The minimum Gasteiger partial charge on any atom is -0.356 e. The van der Waals surface area contributed by atoms with E-state index in [0.717, 1.165) is 49.3 Å². The molecular formula is C21H27ClN6. The Bertz CT molecular complexity index is 776. The van der Waals surface area contributed by atoms with Gasteiger partial charge in [-0.25, -0.2) is 0 Å². The first-order valence-corrected chi connectivity index (χ1v) is 10.6. The predicted molar refractivity (Wildman–Crippen MR) is 117 cm³/mol. The average molecular weight is 399 g/mol. The van der Waals surface area contributed by atoms with Gasteiger partial charge in [-0.15, -0.1) is 0 Å². The molecule has 2 fully saturated rings. The highest BCUT2D eigenvalue weighted by molar-refractivity contribution is 6.33. The first kappa shape index (κ1) is 19.0. The van der Waals surface area contributed by atoms with Gasteiger partial charge < -0.3 is 9.80 Å². The molecule has 0 saturated carbocycles. The molecule has 0 radical (unpaired) electrons. The van der Waals surface area contributed by atoms with Crippen molar-refractivity contribution in [2.45, 2.75) is 38.5 Å². The van der Waals surface area contributed by atoms with Crippen LogP contribution in [0.15, 0.2) is 35.4 Å². The second-order valence-electron chi connectivity index (χ2n) is 7.40. The molecule has 2 aromatic rings. The highest BCUT2D eigenvalue weighted by Gasteiger charge is 2.19. The highest BCUT2D eigenvalue weighted by atomic mass is 35.5. The molecule has 148 valence electrons. The van der Waals surface area contributed by atoms with E-state index in [1.807, 2.05) is 30.3 Å². The summed E-state index contributed by atoms with van der Waals surface area (Å²) in [5, 5.41) is 5.04. The van der Waals surface area contributed by atoms with Crippen LogP contribution < -0.4 is 15.2 Å². The fraction of sp³-hybridized carbons (Fsp3) is 0.476. The molecule has 2 saturated heterocycles. The van der Waals surface area contributed by atoms with Crippen LogP contribution in [0.25, 0.3) is 0 Å². The van der Waals surface area contributed by atoms with E-state index in [4.69, 9.17) is 21.6 Å². The number of nitrogens with zero attached hydrogens (tertiary/aromatic N) is 5. The van der Waals surface area contributed by atoms with Crippen molar-refractivity contribution in [2.24, 2.45) is 5.10 Å². The van der Waals surface area contributed by atoms with Gasteiger partial charge >= 0.3 is 0 Å². The molecule has 0 spiro atoms. The average Bonchev–Trinajstić information content (AvgIpc) is 2.76. The Morgan fingerprint density at radius 1 is 0.893 bits per heavy atom. The van der Waals surface area contributed by atoms with Gasteiger partial charge in [0.1, 0.15) is 5.82 Å². The van der Waals surface area contributed by atoms with Crippen LogP contribution >= 0.6 is 11.6 Å². The zero-order valence-corrected chi connectivity index (χ0v) is 16.9. The zero-order chi connectivity index (χ0) is 19.2. The summed E-state index contributed by atoms with van der Waals surface area (Å²) in [6.07, 6.45) is 9.15. The van der Waals surface area contributed by atoms with E-state index in [-0.39, 0.29) is 0 Å². The van der Waals surface area contributed by atoms with Gasteiger partial charge in [0.15, 0.2) is 5.82 Å². The van der Waals surface area contributed by atoms with Gasteiger partial charge in [0.2, 0.25) is 5.95 Å². The predicted octanol–water partition coefficient (Wildman–Crippen LogP) is 4.56. The van der Waals surface area contributed by atoms with E-state index in [1.165, 1.54) is 38.5 Å². The Kier molecular flexibility index (Phi) is 6.27. The molecule has 6 nitrogen and oxygen atoms in total. The Labute approximate surface area is 171 Å². The first-order chi connectivity index (χ1) is 13.8. The third-order valence-corrected chi connectivity index (χ3v) is 5.65. The topological polar surface area (TPSA) is 56.7 Å². The molecule has 28 heavy (non-hydrogen) atoms. The molecule has 1 N–H and O–H groups in total. The smallest absolute Gasteiger partial charge is 0.229 e. The van der Waals surface area contributed by atoms with Crippen LogP contribution in [-0.2, 0) is 0 Å². The molecule has 0 aliphatic carbocycles. The van der Waals surface area contributed by atoms with E-state index in [2.05, 4.69) is 20.3 Å². The van der Waals surface area contributed by atoms with Crippen molar-refractivity contribution in [2.75, 3.05) is 41.4 Å². The van der Waals surface area contributed by atoms with Gasteiger partial charge in [0.05, 0.1) is 6.21 Å². The highest BCUT2D eigenvalue weighted by Crippen LogP contribution is 2.25. The van der Waals surface area contributed by atoms with E-state index in [0.29, 0.717) is 5.02 Å². The largest absolute Gasteiger partial charge is 0.356 e. The standard InChI is InChI=1S/C21H27ClN6/c22-18-10-4-3-9-17(18)16-23-26-19-15-20(27-11-5-1-6-12-27)25-21(24-19)28-13-7-2-8-14-28/h3-4,9-10,15-16H,1-2,5-8,11-14H2,(H,24,25,26)/b23-16-. The molecule has 0 amide bonds. The zero-order valence-electron chi connectivity index (χ0n) is 16.1. The van der Waals surface area contributed by atoms with Crippen LogP contribution in [0.2, 0.25) is 5.02 Å². The van der Waals surface area contributed by atoms with Crippen molar-refractivity contribution in [1.82, 2.24) is 9.97 Å². The molecule has 0 bridgehead atoms. The molecule has 2 aliphatic rings. The summed E-state index contributed by atoms with van der Waals surface area (Å²) in [6.45, 7) is 4.15. The minimum absolute atomic E-state index is 0.679. The quantitative estimate of drug-likeness (QED) is 0.591. The first-order valence-electron chi connectivity index (χ1n) is 10.2. The number of nitrogens with one attached hydrogen (secondary N) is 1. The molecular weight excluding hydrogens is 372 g/mol. The van der Waals surface area contributed by atoms with Gasteiger partial charge in [-0.05, 0) is 44.6 Å². The van der Waals surface area contributed by atoms with Crippen LogP contribution in [0.3, 0.4) is 0 Å². The lowest BCUT2D eigenvalue weighted by molar-refractivity contribution is 0.561. The fourth-order valence-electron chi connectivity index (χ4n) is 3.75. The van der Waals surface area contributed by atoms with Crippen LogP contribution in [0, 0.1) is 0 Å². The Hall–Kier alpha value is -2.34. The fourth-order valence-corrected chi connectivity index (χ4v) is 3.93. The van der Waals surface area contributed by atoms with E-state index < -0.39 is 0 Å². The molecule has 0 atom stereocenters. The van der Waals surface area contributed by atoms with Crippen molar-refractivity contribution in [3.8, 4) is 0 Å². The number of aromatic nitrogens is 2. The lowest BCUT2D eigenvalue weighted by Crippen LogP contribution is -2.33. The van der Waals surface area contributed by atoms with Crippen LogP contribution in [0.5, 0.6) is 0 Å². The number of anilines is 3. The molecule has 3 heterocycles. The molecule has 1 aromatic carbocycles. The van der Waals surface area contributed by atoms with Crippen molar-refractivity contribution in [1.29, 1.82) is 0 Å². The van der Waals surface area contributed by atoms with Gasteiger partial charge in [0.25, 0.3) is 0 Å². The summed E-state index contributed by atoms with van der Waals surface area (Å²) in [4.78, 5) is 14.3. The maximum absolute atomic E-state index is 6.20. The maximum Gasteiger partial charge on any atom is 0.229 e. The SMILES string of the molecule is Clc1ccccc1/C=N\Nc1cc(N2CCCCC2)nc(N2CCCCC2)n1. The normalized spacial score (nSPS) is 17.9. The van der Waals surface area contributed by atoms with E-state index in [1.54, 1.807) is 6.21 Å². The third kappa shape index (κ3) is 4.73. The van der Waals surface area contributed by atoms with Gasteiger partial charge in [0, 0.05) is 42.8 Å². The number of hydrogen-bond acceptors (Lipinski definition) is 6. The molecule has 1 aromatic heterocycles. The second-order valence-corrected chi connectivity index (χ2v) is 7.81. The van der Waals surface area contributed by atoms with Crippen molar-refractivity contribution in [3.05, 3.63) is 40.9 Å².